The SMILES string of the molecule is CC(C)(C)OC(=O)N1[C@@H](c2ccc(Cl)c(B3OC(C)(C)C(C)(C)O3)c2)COC1(C)C.CC(C)(C)OC(=O)N1[C@@H](c2ccc(Cl)c(Br)c2)COC1(C)C.COc1ccnc(-c2cc([C@H](N)CO)ccc2Cl)n1.COc1ccnc(-c2cc([C@H]3COC(C)(C)N3C(=O)OC(C)(C)C)ccc2Cl)n1. The molecule has 0 spiro atoms. The molecule has 100 heavy (non-hydrogen) atoms. The lowest BCUT2D eigenvalue weighted by Gasteiger charge is -2.35. The number of aliphatic hydroxyl groups is 1. The predicted octanol–water partition coefficient (Wildman–Crippen LogP) is 16.5. The lowest BCUT2D eigenvalue weighted by atomic mass is 9.77. The molecule has 28 heteroatoms. The van der Waals surface area contributed by atoms with Crippen LogP contribution < -0.4 is 20.7 Å². The summed E-state index contributed by atoms with van der Waals surface area (Å²) in [4.78, 5) is 60.5. The van der Waals surface area contributed by atoms with Crippen LogP contribution in [0.4, 0.5) is 14.4 Å². The van der Waals surface area contributed by atoms with E-state index in [1.807, 2.05) is 174 Å². The van der Waals surface area contributed by atoms with E-state index in [-0.39, 0.29) is 30.8 Å². The first-order valence-corrected chi connectivity index (χ1v) is 34.8. The number of amides is 3. The predicted molar refractivity (Wildman–Crippen MR) is 391 cm³/mol. The Morgan fingerprint density at radius 2 is 0.900 bits per heavy atom. The van der Waals surface area contributed by atoms with Crippen molar-refractivity contribution in [2.75, 3.05) is 40.6 Å². The minimum Gasteiger partial charge on any atom is -0.481 e. The fraction of sp³-hybridized carbons (Fsp3) is 0.514. The van der Waals surface area contributed by atoms with Crippen LogP contribution in [0.5, 0.6) is 11.8 Å². The highest BCUT2D eigenvalue weighted by Gasteiger charge is 2.54. The average Bonchev–Trinajstić information content (AvgIpc) is 1.61. The van der Waals surface area contributed by atoms with Gasteiger partial charge in [0.05, 0.1) is 91.1 Å². The Balaban J connectivity index is 0.000000190. The van der Waals surface area contributed by atoms with Crippen molar-refractivity contribution in [3.05, 3.63) is 144 Å². The summed E-state index contributed by atoms with van der Waals surface area (Å²) in [5.74, 6) is 1.80. The van der Waals surface area contributed by atoms with Gasteiger partial charge in [-0.1, -0.05) is 76.7 Å². The van der Waals surface area contributed by atoms with Crippen molar-refractivity contribution in [3.8, 4) is 34.5 Å². The molecule has 4 saturated heterocycles. The van der Waals surface area contributed by atoms with Gasteiger partial charge in [0.1, 0.15) is 34.0 Å². The minimum atomic E-state index is -0.806. The molecular weight excluding hydrogens is 1430 g/mol. The van der Waals surface area contributed by atoms with Crippen LogP contribution in [-0.4, -0.2) is 151 Å². The van der Waals surface area contributed by atoms with Crippen LogP contribution in [0.1, 0.15) is 178 Å². The Hall–Kier alpha value is -6.13. The molecule has 4 aliphatic heterocycles. The number of nitrogens with two attached hydrogens (primary N) is 1. The highest BCUT2D eigenvalue weighted by molar-refractivity contribution is 9.10. The molecule has 3 N–H and O–H groups in total. The second-order valence-electron chi connectivity index (χ2n) is 29.5. The van der Waals surface area contributed by atoms with E-state index in [0.29, 0.717) is 74.4 Å². The van der Waals surface area contributed by atoms with Crippen LogP contribution in [0.2, 0.25) is 20.1 Å². The Morgan fingerprint density at radius 3 is 1.27 bits per heavy atom. The molecule has 544 valence electrons. The summed E-state index contributed by atoms with van der Waals surface area (Å²) >= 11 is 28.5. The molecule has 4 aliphatic rings. The summed E-state index contributed by atoms with van der Waals surface area (Å²) in [7, 11) is 2.49. The molecule has 4 atom stereocenters. The van der Waals surface area contributed by atoms with E-state index >= 15 is 0 Å². The van der Waals surface area contributed by atoms with Crippen LogP contribution in [-0.2, 0) is 37.7 Å². The number of aromatic nitrogens is 4. The highest BCUT2D eigenvalue weighted by Crippen LogP contribution is 2.44. The van der Waals surface area contributed by atoms with Gasteiger partial charge in [-0.25, -0.2) is 24.4 Å². The number of carbonyl (C=O) groups is 3. The summed E-state index contributed by atoms with van der Waals surface area (Å²) in [6, 6.07) is 24.1. The number of hydrogen-bond donors (Lipinski definition) is 2. The van der Waals surface area contributed by atoms with Crippen molar-refractivity contribution in [1.82, 2.24) is 34.6 Å². The molecule has 6 aromatic rings. The van der Waals surface area contributed by atoms with Crippen molar-refractivity contribution in [2.24, 2.45) is 5.73 Å². The minimum absolute atomic E-state index is 0.139. The van der Waals surface area contributed by atoms with Gasteiger partial charge in [-0.15, -0.1) is 0 Å². The van der Waals surface area contributed by atoms with E-state index in [4.69, 9.17) is 104 Å². The summed E-state index contributed by atoms with van der Waals surface area (Å²) < 4.78 is 57.9. The zero-order chi connectivity index (χ0) is 74.6. The molecule has 6 heterocycles. The summed E-state index contributed by atoms with van der Waals surface area (Å²) in [5.41, 5.74) is 6.26. The topological polar surface area (TPSA) is 251 Å². The molecule has 3 amide bonds. The number of nitrogens with zero attached hydrogens (tertiary/aromatic N) is 7. The van der Waals surface area contributed by atoms with Gasteiger partial charge in [0.25, 0.3) is 0 Å². The van der Waals surface area contributed by atoms with E-state index < -0.39 is 70.5 Å². The molecule has 4 aromatic carbocycles. The van der Waals surface area contributed by atoms with Crippen LogP contribution in [0.25, 0.3) is 22.8 Å². The standard InChI is InChI=1S/C22H33BClNO5.C21H26ClN3O4.C16H21BrClNO3.C13H14ClN3O2/c1-19(2,3)28-18(26)25-17(13-27-22(25,8)9)14-10-11-16(24)15(12-14)23-29-20(4,5)21(6,7)30-23;1-20(2,3)29-19(26)25-16(12-28-21(25,4)5)13-7-8-15(22)14(11-13)18-23-10-9-17(24-18)27-6;1-15(2,3)22-14(20)19-13(9-21-16(19,4)5)10-6-7-12(18)11(17)8-10;1-19-12-4-5-16-13(17-12)9-6-8(11(15)7-18)2-3-10(9)14/h10-12,17H,13H2,1-9H3;7-11,16H,12H2,1-6H3;6-8,13H,9H2,1-5H3;2-6,11,18H,7,15H2,1H3/t17-;16-;13-;11-/m1111/s1. The maximum atomic E-state index is 13.0. The lowest BCUT2D eigenvalue weighted by molar-refractivity contribution is -0.0637. The third kappa shape index (κ3) is 20.2. The first kappa shape index (κ1) is 81.2. The number of hydrogen-bond acceptors (Lipinski definition) is 19. The molecule has 10 rings (SSSR count). The monoisotopic (exact) mass is 1520 g/mol. The van der Waals surface area contributed by atoms with Crippen LogP contribution in [0, 0.1) is 0 Å². The smallest absolute Gasteiger partial charge is 0.481 e. The third-order valence-electron chi connectivity index (χ3n) is 16.6. The van der Waals surface area contributed by atoms with Gasteiger partial charge in [-0.05, 0) is 212 Å². The number of methoxy groups -OCH3 is 2. The number of benzene rings is 4. The number of halogens is 5. The Kier molecular flexibility index (Phi) is 25.9. The second kappa shape index (κ2) is 31.9. The normalized spacial score (nSPS) is 19.8. The molecule has 4 fully saturated rings. The van der Waals surface area contributed by atoms with E-state index in [2.05, 4.69) is 35.9 Å². The van der Waals surface area contributed by atoms with Crippen LogP contribution >= 0.6 is 62.3 Å². The molecule has 0 bridgehead atoms. The Morgan fingerprint density at radius 1 is 0.550 bits per heavy atom. The van der Waals surface area contributed by atoms with Gasteiger partial charge >= 0.3 is 25.4 Å². The van der Waals surface area contributed by atoms with E-state index in [1.54, 1.807) is 76.7 Å². The van der Waals surface area contributed by atoms with Crippen molar-refractivity contribution in [3.63, 3.8) is 0 Å². The molecule has 0 aliphatic carbocycles. The molecule has 0 unspecified atom stereocenters. The fourth-order valence-electron chi connectivity index (χ4n) is 10.9. The van der Waals surface area contributed by atoms with Crippen molar-refractivity contribution < 1.29 is 66.7 Å². The summed E-state index contributed by atoms with van der Waals surface area (Å²) in [6.45, 7) is 36.7. The zero-order valence-electron chi connectivity index (χ0n) is 60.8. The molecule has 0 saturated carbocycles. The Bertz CT molecular complexity index is 3870. The summed E-state index contributed by atoms with van der Waals surface area (Å²) in [6.07, 6.45) is 1.97. The average molecular weight is 1530 g/mol. The quantitative estimate of drug-likeness (QED) is 0.0955. The first-order valence-electron chi connectivity index (χ1n) is 32.5. The zero-order valence-corrected chi connectivity index (χ0v) is 65.4. The lowest BCUT2D eigenvalue weighted by Crippen LogP contribution is -2.47. The van der Waals surface area contributed by atoms with Crippen molar-refractivity contribution in [2.45, 2.75) is 201 Å². The van der Waals surface area contributed by atoms with Gasteiger partial charge < -0.3 is 58.0 Å². The Labute approximate surface area is 616 Å². The number of rotatable bonds is 10. The van der Waals surface area contributed by atoms with Crippen LogP contribution in [0.15, 0.2) is 102 Å². The van der Waals surface area contributed by atoms with Gasteiger partial charge in [0.15, 0.2) is 11.6 Å². The molecule has 2 aromatic heterocycles. The van der Waals surface area contributed by atoms with E-state index in [0.717, 1.165) is 32.2 Å². The molecule has 0 radical (unpaired) electrons. The highest BCUT2D eigenvalue weighted by atomic mass is 79.9. The van der Waals surface area contributed by atoms with E-state index in [1.165, 1.54) is 7.11 Å². The largest absolute Gasteiger partial charge is 0.496 e. The second-order valence-corrected chi connectivity index (χ2v) is 32.0. The van der Waals surface area contributed by atoms with Crippen molar-refractivity contribution in [1.29, 1.82) is 0 Å². The summed E-state index contributed by atoms with van der Waals surface area (Å²) in [5, 5.41) is 11.3. The maximum Gasteiger partial charge on any atom is 0.496 e. The van der Waals surface area contributed by atoms with Crippen LogP contribution in [0.3, 0.4) is 0 Å². The molecule has 22 nitrogen and oxygen atoms in total. The number of aliphatic hydroxyl groups excluding tert-OH is 1. The van der Waals surface area contributed by atoms with E-state index in [9.17, 15) is 14.4 Å². The molecular formula is C72H94BBrCl4N8O14. The number of carbonyl (C=O) groups excluding carboxylic acids is 3. The van der Waals surface area contributed by atoms with Gasteiger partial charge in [0.2, 0.25) is 11.8 Å². The fourth-order valence-corrected chi connectivity index (χ4v) is 12.0. The van der Waals surface area contributed by atoms with Gasteiger partial charge in [-0.2, -0.15) is 9.97 Å². The third-order valence-corrected chi connectivity index (χ3v) is 18.8. The van der Waals surface area contributed by atoms with Gasteiger partial charge in [-0.3, -0.25) is 14.7 Å². The van der Waals surface area contributed by atoms with Gasteiger partial charge in [0, 0.05) is 50.6 Å². The maximum absolute atomic E-state index is 13.0. The number of ether oxygens (including phenoxy) is 8. The van der Waals surface area contributed by atoms with Crippen molar-refractivity contribution >= 4 is 93.2 Å². The first-order chi connectivity index (χ1) is 46.2.